The third kappa shape index (κ3) is 3.24. The Labute approximate surface area is 139 Å². The number of carbonyl (C=O) groups excluding carboxylic acids is 1. The Morgan fingerprint density at radius 3 is 2.59 bits per heavy atom. The molecular weight excluding hydrogens is 321 g/mol. The molecule has 1 aromatic carbocycles. The zero-order chi connectivity index (χ0) is 15.9. The molecule has 1 aliphatic heterocycles. The molecule has 2 aromatic rings. The second-order valence-corrected chi connectivity index (χ2v) is 7.47. The number of aromatic nitrogens is 1. The van der Waals surface area contributed by atoms with Crippen LogP contribution in [0, 0.1) is 5.41 Å². The molecule has 1 aromatic heterocycles. The van der Waals surface area contributed by atoms with Gasteiger partial charge in [-0.3, -0.25) is 10.2 Å². The average molecular weight is 340 g/mol. The standard InChI is InChI=1S/C16H19Cl2N3O/c1-16(2)3-5-21(6-4-16)20-15(22)14-9-11-12(18)7-10(17)8-13(11)19-14/h7-9,19H,3-6H2,1-2H3,(H,20,22). The molecule has 1 saturated heterocycles. The van der Waals surface area contributed by atoms with Gasteiger partial charge < -0.3 is 4.98 Å². The summed E-state index contributed by atoms with van der Waals surface area (Å²) < 4.78 is 0. The number of halogens is 2. The van der Waals surface area contributed by atoms with Crippen molar-refractivity contribution in [1.82, 2.24) is 15.4 Å². The predicted molar refractivity (Wildman–Crippen MR) is 90.4 cm³/mol. The first-order valence-corrected chi connectivity index (χ1v) is 8.13. The Morgan fingerprint density at radius 1 is 1.23 bits per heavy atom. The topological polar surface area (TPSA) is 48.1 Å². The number of hydrogen-bond donors (Lipinski definition) is 2. The fraction of sp³-hybridized carbons (Fsp3) is 0.438. The molecule has 0 spiro atoms. The number of amides is 1. The van der Waals surface area contributed by atoms with Crippen molar-refractivity contribution < 1.29 is 4.79 Å². The van der Waals surface area contributed by atoms with Crippen molar-refractivity contribution in [3.63, 3.8) is 0 Å². The number of rotatable bonds is 2. The van der Waals surface area contributed by atoms with E-state index in [0.717, 1.165) is 36.8 Å². The van der Waals surface area contributed by atoms with E-state index in [1.807, 2.05) is 5.01 Å². The molecule has 0 atom stereocenters. The maximum atomic E-state index is 12.4. The monoisotopic (exact) mass is 339 g/mol. The first-order chi connectivity index (χ1) is 10.3. The van der Waals surface area contributed by atoms with Crippen LogP contribution in [0.15, 0.2) is 18.2 Å². The van der Waals surface area contributed by atoms with Crippen molar-refractivity contribution in [3.8, 4) is 0 Å². The van der Waals surface area contributed by atoms with E-state index in [2.05, 4.69) is 24.3 Å². The van der Waals surface area contributed by atoms with Gasteiger partial charge in [0.1, 0.15) is 5.69 Å². The lowest BCUT2D eigenvalue weighted by Gasteiger charge is -2.36. The molecule has 22 heavy (non-hydrogen) atoms. The molecule has 0 aliphatic carbocycles. The van der Waals surface area contributed by atoms with E-state index in [1.54, 1.807) is 18.2 Å². The van der Waals surface area contributed by atoms with Crippen LogP contribution in [0.25, 0.3) is 10.9 Å². The number of aromatic amines is 1. The Balaban J connectivity index is 1.74. The van der Waals surface area contributed by atoms with Crippen LogP contribution >= 0.6 is 23.2 Å². The van der Waals surface area contributed by atoms with Crippen molar-refractivity contribution >= 4 is 40.0 Å². The minimum Gasteiger partial charge on any atom is -0.350 e. The lowest BCUT2D eigenvalue weighted by molar-refractivity contribution is 0.0599. The van der Waals surface area contributed by atoms with Gasteiger partial charge in [0.2, 0.25) is 0 Å². The molecule has 0 saturated carbocycles. The fourth-order valence-corrected chi connectivity index (χ4v) is 3.26. The van der Waals surface area contributed by atoms with Gasteiger partial charge in [-0.1, -0.05) is 37.0 Å². The molecule has 1 fully saturated rings. The number of fused-ring (bicyclic) bond motifs is 1. The lowest BCUT2D eigenvalue weighted by atomic mass is 9.83. The number of nitrogens with one attached hydrogen (secondary N) is 2. The fourth-order valence-electron chi connectivity index (χ4n) is 2.71. The van der Waals surface area contributed by atoms with Gasteiger partial charge in [-0.05, 0) is 36.5 Å². The second kappa shape index (κ2) is 5.76. The summed E-state index contributed by atoms with van der Waals surface area (Å²) in [6, 6.07) is 5.20. The van der Waals surface area contributed by atoms with E-state index in [-0.39, 0.29) is 5.91 Å². The molecular formula is C16H19Cl2N3O. The number of hydrogen-bond acceptors (Lipinski definition) is 2. The Hall–Kier alpha value is -1.23. The average Bonchev–Trinajstić information content (AvgIpc) is 2.85. The molecule has 4 nitrogen and oxygen atoms in total. The van der Waals surface area contributed by atoms with E-state index < -0.39 is 0 Å². The van der Waals surface area contributed by atoms with Gasteiger partial charge in [-0.15, -0.1) is 0 Å². The van der Waals surface area contributed by atoms with Crippen molar-refractivity contribution in [2.24, 2.45) is 5.41 Å². The number of hydrazine groups is 1. The summed E-state index contributed by atoms with van der Waals surface area (Å²) in [7, 11) is 0. The van der Waals surface area contributed by atoms with Crippen LogP contribution in [0.5, 0.6) is 0 Å². The number of carbonyl (C=O) groups is 1. The van der Waals surface area contributed by atoms with Gasteiger partial charge in [-0.2, -0.15) is 0 Å². The Kier molecular flexibility index (Phi) is 4.10. The number of piperidine rings is 1. The molecule has 3 rings (SSSR count). The first kappa shape index (κ1) is 15.7. The minimum atomic E-state index is -0.150. The van der Waals surface area contributed by atoms with E-state index in [9.17, 15) is 4.79 Å². The zero-order valence-corrected chi connectivity index (χ0v) is 14.2. The highest BCUT2D eigenvalue weighted by Gasteiger charge is 2.26. The van der Waals surface area contributed by atoms with Crippen molar-refractivity contribution in [2.45, 2.75) is 26.7 Å². The second-order valence-electron chi connectivity index (χ2n) is 6.62. The molecule has 118 valence electrons. The highest BCUT2D eigenvalue weighted by atomic mass is 35.5. The molecule has 2 heterocycles. The summed E-state index contributed by atoms with van der Waals surface area (Å²) in [6.07, 6.45) is 2.14. The van der Waals surface area contributed by atoms with Crippen LogP contribution < -0.4 is 5.43 Å². The van der Waals surface area contributed by atoms with Gasteiger partial charge in [-0.25, -0.2) is 5.01 Å². The van der Waals surface area contributed by atoms with Crippen LogP contribution in [0.1, 0.15) is 37.2 Å². The van der Waals surface area contributed by atoms with Crippen LogP contribution in [0.4, 0.5) is 0 Å². The Bertz CT molecular complexity index is 713. The van der Waals surface area contributed by atoms with E-state index in [4.69, 9.17) is 23.2 Å². The highest BCUT2D eigenvalue weighted by molar-refractivity contribution is 6.38. The predicted octanol–water partition coefficient (Wildman–Crippen LogP) is 4.24. The smallest absolute Gasteiger partial charge is 0.282 e. The summed E-state index contributed by atoms with van der Waals surface area (Å²) >= 11 is 12.1. The first-order valence-electron chi connectivity index (χ1n) is 7.38. The van der Waals surface area contributed by atoms with Crippen LogP contribution in [-0.4, -0.2) is 29.0 Å². The number of nitrogens with zero attached hydrogens (tertiary/aromatic N) is 1. The third-order valence-electron chi connectivity index (χ3n) is 4.27. The van der Waals surface area contributed by atoms with Crippen LogP contribution in [0.2, 0.25) is 10.0 Å². The van der Waals surface area contributed by atoms with E-state index in [1.165, 1.54) is 0 Å². The molecule has 1 aliphatic rings. The third-order valence-corrected chi connectivity index (χ3v) is 4.80. The summed E-state index contributed by atoms with van der Waals surface area (Å²) in [6.45, 7) is 6.25. The molecule has 6 heteroatoms. The summed E-state index contributed by atoms with van der Waals surface area (Å²) in [5.41, 5.74) is 4.56. The highest BCUT2D eigenvalue weighted by Crippen LogP contribution is 2.30. The van der Waals surface area contributed by atoms with Crippen molar-refractivity contribution in [2.75, 3.05) is 13.1 Å². The van der Waals surface area contributed by atoms with Crippen LogP contribution in [0.3, 0.4) is 0 Å². The maximum Gasteiger partial charge on any atom is 0.282 e. The summed E-state index contributed by atoms with van der Waals surface area (Å²) in [5.74, 6) is -0.150. The van der Waals surface area contributed by atoms with E-state index >= 15 is 0 Å². The largest absolute Gasteiger partial charge is 0.350 e. The van der Waals surface area contributed by atoms with Gasteiger partial charge in [0.25, 0.3) is 5.91 Å². The molecule has 2 N–H and O–H groups in total. The molecule has 1 amide bonds. The minimum absolute atomic E-state index is 0.150. The van der Waals surface area contributed by atoms with Crippen molar-refractivity contribution in [3.05, 3.63) is 33.9 Å². The SMILES string of the molecule is CC1(C)CCN(NC(=O)c2cc3c(Cl)cc(Cl)cc3[nH]2)CC1. The van der Waals surface area contributed by atoms with Gasteiger partial charge in [0.05, 0.1) is 5.02 Å². The molecule has 0 unspecified atom stereocenters. The maximum absolute atomic E-state index is 12.4. The summed E-state index contributed by atoms with van der Waals surface area (Å²) in [4.78, 5) is 15.5. The summed E-state index contributed by atoms with van der Waals surface area (Å²) in [5, 5.41) is 3.87. The van der Waals surface area contributed by atoms with E-state index in [0.29, 0.717) is 21.2 Å². The molecule has 0 radical (unpaired) electrons. The Morgan fingerprint density at radius 2 is 1.91 bits per heavy atom. The van der Waals surface area contributed by atoms with Gasteiger partial charge in [0, 0.05) is 29.0 Å². The molecule has 0 bridgehead atoms. The van der Waals surface area contributed by atoms with Crippen molar-refractivity contribution in [1.29, 1.82) is 0 Å². The van der Waals surface area contributed by atoms with Gasteiger partial charge in [0.15, 0.2) is 0 Å². The number of benzene rings is 1. The van der Waals surface area contributed by atoms with Crippen LogP contribution in [-0.2, 0) is 0 Å². The lowest BCUT2D eigenvalue weighted by Crippen LogP contribution is -2.48. The zero-order valence-electron chi connectivity index (χ0n) is 12.7. The normalized spacial score (nSPS) is 18.5. The quantitative estimate of drug-likeness (QED) is 0.859. The number of H-pyrrole nitrogens is 1. The van der Waals surface area contributed by atoms with Gasteiger partial charge >= 0.3 is 0 Å².